The molecule has 0 atom stereocenters. The Morgan fingerprint density at radius 1 is 1.50 bits per heavy atom. The van der Waals surface area contributed by atoms with Gasteiger partial charge in [0, 0.05) is 6.54 Å². The molecule has 0 aromatic rings. The van der Waals surface area contributed by atoms with Gasteiger partial charge in [-0.05, 0) is 6.42 Å². The molecule has 12 heavy (non-hydrogen) atoms. The highest BCUT2D eigenvalue weighted by atomic mass is 16.1. The summed E-state index contributed by atoms with van der Waals surface area (Å²) in [6, 6.07) is 0. The molecule has 0 aromatic heterocycles. The summed E-state index contributed by atoms with van der Waals surface area (Å²) in [6.07, 6.45) is 3.29. The number of nitrogens with one attached hydrogen (secondary N) is 2. The van der Waals surface area contributed by atoms with Crippen LogP contribution in [0.3, 0.4) is 0 Å². The van der Waals surface area contributed by atoms with Crippen LogP contribution in [0.2, 0.25) is 0 Å². The van der Waals surface area contributed by atoms with Gasteiger partial charge in [-0.1, -0.05) is 19.8 Å². The first kappa shape index (κ1) is 10.9. The Labute approximate surface area is 73.0 Å². The Bertz CT molecular complexity index is 156. The molecule has 1 amide bonds. The normalized spacial score (nSPS) is 9.42. The van der Waals surface area contributed by atoms with Crippen LogP contribution in [0.1, 0.15) is 32.6 Å². The zero-order chi connectivity index (χ0) is 9.40. The lowest BCUT2D eigenvalue weighted by molar-refractivity contribution is -0.119. The molecule has 0 saturated carbocycles. The zero-order valence-corrected chi connectivity index (χ0v) is 7.52. The molecule has 0 fully saturated rings. The van der Waals surface area contributed by atoms with Crippen LogP contribution in [0.15, 0.2) is 0 Å². The minimum absolute atomic E-state index is 0.0200. The summed E-state index contributed by atoms with van der Waals surface area (Å²) in [5, 5.41) is 9.55. The van der Waals surface area contributed by atoms with E-state index in [9.17, 15) is 4.79 Å². The van der Waals surface area contributed by atoms with E-state index < -0.39 is 0 Å². The number of amides is 1. The third-order valence-corrected chi connectivity index (χ3v) is 1.45. The molecule has 4 nitrogen and oxygen atoms in total. The average Bonchev–Trinajstić information content (AvgIpc) is 1.97. The minimum atomic E-state index is -0.154. The predicted molar refractivity (Wildman–Crippen MR) is 49.1 cm³/mol. The number of nitrogens with two attached hydrogens (primary N) is 1. The van der Waals surface area contributed by atoms with Gasteiger partial charge in [-0.25, -0.2) is 0 Å². The van der Waals surface area contributed by atoms with Gasteiger partial charge >= 0.3 is 0 Å². The molecule has 0 aromatic carbocycles. The quantitative estimate of drug-likeness (QED) is 0.311. The largest absolute Gasteiger partial charge is 0.387 e. The fraction of sp³-hybridized carbons (Fsp3) is 0.750. The molecule has 0 rings (SSSR count). The summed E-state index contributed by atoms with van der Waals surface area (Å²) >= 11 is 0. The second-order valence-electron chi connectivity index (χ2n) is 2.76. The highest BCUT2D eigenvalue weighted by molar-refractivity contribution is 5.97. The SMILES string of the molecule is CCCCCNC(=O)CC(=N)N. The summed E-state index contributed by atoms with van der Waals surface area (Å²) in [6.45, 7) is 2.80. The van der Waals surface area contributed by atoms with Crippen LogP contribution >= 0.6 is 0 Å². The average molecular weight is 171 g/mol. The molecule has 0 aliphatic heterocycles. The van der Waals surface area contributed by atoms with Crippen molar-refractivity contribution in [1.29, 1.82) is 5.41 Å². The Balaban J connectivity index is 3.26. The van der Waals surface area contributed by atoms with Crippen LogP contribution < -0.4 is 11.1 Å². The molecular weight excluding hydrogens is 154 g/mol. The van der Waals surface area contributed by atoms with Gasteiger partial charge < -0.3 is 11.1 Å². The highest BCUT2D eigenvalue weighted by Crippen LogP contribution is 1.91. The Hall–Kier alpha value is -1.06. The number of carbonyl (C=O) groups is 1. The van der Waals surface area contributed by atoms with E-state index in [0.29, 0.717) is 6.54 Å². The van der Waals surface area contributed by atoms with E-state index in [2.05, 4.69) is 12.2 Å². The van der Waals surface area contributed by atoms with Gasteiger partial charge in [-0.15, -0.1) is 0 Å². The topological polar surface area (TPSA) is 79.0 Å². The number of rotatable bonds is 6. The Morgan fingerprint density at radius 2 is 2.17 bits per heavy atom. The van der Waals surface area contributed by atoms with Crippen LogP contribution in [0.4, 0.5) is 0 Å². The summed E-state index contributed by atoms with van der Waals surface area (Å²) in [4.78, 5) is 10.9. The van der Waals surface area contributed by atoms with Gasteiger partial charge in [0.15, 0.2) is 0 Å². The van der Waals surface area contributed by atoms with Crippen molar-refractivity contribution in [2.45, 2.75) is 32.6 Å². The van der Waals surface area contributed by atoms with Gasteiger partial charge in [0.25, 0.3) is 0 Å². The van der Waals surface area contributed by atoms with Crippen LogP contribution in [-0.4, -0.2) is 18.3 Å². The van der Waals surface area contributed by atoms with Crippen LogP contribution in [0.5, 0.6) is 0 Å². The summed E-state index contributed by atoms with van der Waals surface area (Å²) in [5.41, 5.74) is 5.05. The number of hydrogen-bond donors (Lipinski definition) is 3. The molecule has 0 heterocycles. The lowest BCUT2D eigenvalue weighted by Gasteiger charge is -2.02. The van der Waals surface area contributed by atoms with E-state index in [1.807, 2.05) is 0 Å². The highest BCUT2D eigenvalue weighted by Gasteiger charge is 2.00. The zero-order valence-electron chi connectivity index (χ0n) is 7.52. The van der Waals surface area contributed by atoms with Crippen molar-refractivity contribution in [3.8, 4) is 0 Å². The molecule has 0 spiro atoms. The number of hydrogen-bond acceptors (Lipinski definition) is 2. The fourth-order valence-corrected chi connectivity index (χ4v) is 0.838. The third-order valence-electron chi connectivity index (χ3n) is 1.45. The number of carbonyl (C=O) groups excluding carboxylic acids is 1. The van der Waals surface area contributed by atoms with Crippen molar-refractivity contribution in [3.63, 3.8) is 0 Å². The molecule has 0 radical (unpaired) electrons. The van der Waals surface area contributed by atoms with Gasteiger partial charge in [0.1, 0.15) is 0 Å². The van der Waals surface area contributed by atoms with Crippen molar-refractivity contribution in [3.05, 3.63) is 0 Å². The van der Waals surface area contributed by atoms with E-state index in [4.69, 9.17) is 11.1 Å². The monoisotopic (exact) mass is 171 g/mol. The smallest absolute Gasteiger partial charge is 0.227 e. The summed E-state index contributed by atoms with van der Waals surface area (Å²) in [7, 11) is 0. The van der Waals surface area contributed by atoms with E-state index in [1.54, 1.807) is 0 Å². The molecule has 0 aliphatic rings. The van der Waals surface area contributed by atoms with Gasteiger partial charge in [0.05, 0.1) is 12.3 Å². The predicted octanol–water partition coefficient (Wildman–Crippen LogP) is 0.619. The second kappa shape index (κ2) is 6.64. The number of amidine groups is 1. The first-order valence-corrected chi connectivity index (χ1v) is 4.26. The summed E-state index contributed by atoms with van der Waals surface area (Å²) < 4.78 is 0. The lowest BCUT2D eigenvalue weighted by atomic mass is 10.2. The first-order chi connectivity index (χ1) is 5.66. The lowest BCUT2D eigenvalue weighted by Crippen LogP contribution is -2.28. The van der Waals surface area contributed by atoms with E-state index in [-0.39, 0.29) is 18.2 Å². The molecule has 70 valence electrons. The van der Waals surface area contributed by atoms with Gasteiger partial charge in [-0.2, -0.15) is 0 Å². The van der Waals surface area contributed by atoms with Crippen molar-refractivity contribution in [1.82, 2.24) is 5.32 Å². The molecular formula is C8H17N3O. The molecule has 0 unspecified atom stereocenters. The maximum atomic E-state index is 10.9. The van der Waals surface area contributed by atoms with Crippen LogP contribution in [0, 0.1) is 5.41 Å². The van der Waals surface area contributed by atoms with Gasteiger partial charge in [-0.3, -0.25) is 10.2 Å². The summed E-state index contributed by atoms with van der Waals surface area (Å²) in [5.74, 6) is -0.235. The molecule has 0 bridgehead atoms. The molecule has 0 aliphatic carbocycles. The maximum absolute atomic E-state index is 10.9. The van der Waals surface area contributed by atoms with Crippen molar-refractivity contribution >= 4 is 11.7 Å². The van der Waals surface area contributed by atoms with Crippen molar-refractivity contribution < 1.29 is 4.79 Å². The molecule has 4 heteroatoms. The second-order valence-corrected chi connectivity index (χ2v) is 2.76. The maximum Gasteiger partial charge on any atom is 0.227 e. The van der Waals surface area contributed by atoms with Gasteiger partial charge in [0.2, 0.25) is 5.91 Å². The fourth-order valence-electron chi connectivity index (χ4n) is 0.838. The van der Waals surface area contributed by atoms with Crippen LogP contribution in [-0.2, 0) is 4.79 Å². The van der Waals surface area contributed by atoms with Crippen LogP contribution in [0.25, 0.3) is 0 Å². The van der Waals surface area contributed by atoms with Crippen molar-refractivity contribution in [2.75, 3.05) is 6.54 Å². The van der Waals surface area contributed by atoms with E-state index >= 15 is 0 Å². The standard InChI is InChI=1S/C8H17N3O/c1-2-3-4-5-11-8(12)6-7(9)10/h2-6H2,1H3,(H3,9,10)(H,11,12). The number of unbranched alkanes of at least 4 members (excludes halogenated alkanes) is 2. The van der Waals surface area contributed by atoms with Crippen molar-refractivity contribution in [2.24, 2.45) is 5.73 Å². The molecule has 0 saturated heterocycles. The van der Waals surface area contributed by atoms with E-state index in [1.165, 1.54) is 0 Å². The minimum Gasteiger partial charge on any atom is -0.387 e. The Morgan fingerprint density at radius 3 is 2.67 bits per heavy atom. The van der Waals surface area contributed by atoms with E-state index in [0.717, 1.165) is 19.3 Å². The third kappa shape index (κ3) is 7.05. The Kier molecular flexibility index (Phi) is 6.05. The first-order valence-electron chi connectivity index (χ1n) is 4.26. The molecule has 4 N–H and O–H groups in total.